The first-order chi connectivity index (χ1) is 6.70. The molecule has 0 aliphatic carbocycles. The monoisotopic (exact) mass is 194 g/mol. The van der Waals surface area contributed by atoms with Gasteiger partial charge in [0.15, 0.2) is 11.5 Å². The van der Waals surface area contributed by atoms with Crippen LogP contribution in [-0.2, 0) is 11.3 Å². The highest BCUT2D eigenvalue weighted by molar-refractivity contribution is 5.43. The van der Waals surface area contributed by atoms with Gasteiger partial charge in [0.25, 0.3) is 0 Å². The van der Waals surface area contributed by atoms with Crippen LogP contribution < -0.4 is 0 Å². The topological polar surface area (TPSA) is 26.5 Å². The molecule has 2 aromatic rings. The Bertz CT molecular complexity index is 464. The summed E-state index contributed by atoms with van der Waals surface area (Å²) in [5, 5.41) is 0. The second kappa shape index (κ2) is 3.38. The molecule has 74 valence electrons. The predicted molar refractivity (Wildman–Crippen MR) is 50.6 cm³/mol. The fourth-order valence-electron chi connectivity index (χ4n) is 1.46. The van der Waals surface area contributed by atoms with E-state index >= 15 is 0 Å². The van der Waals surface area contributed by atoms with Crippen LogP contribution in [0.3, 0.4) is 0 Å². The summed E-state index contributed by atoms with van der Waals surface area (Å²) >= 11 is 0. The zero-order chi connectivity index (χ0) is 10.1. The van der Waals surface area contributed by atoms with E-state index in [0.29, 0.717) is 12.3 Å². The molecule has 2 aromatic heterocycles. The van der Waals surface area contributed by atoms with Crippen LogP contribution in [0.15, 0.2) is 18.5 Å². The minimum absolute atomic E-state index is 0.299. The number of hydrogen-bond donors (Lipinski definition) is 0. The SMILES string of the molecule is COCc1cn2cc(C)cc(F)c2n1. The molecule has 3 nitrogen and oxygen atoms in total. The normalized spacial score (nSPS) is 11.1. The van der Waals surface area contributed by atoms with Crippen LogP contribution in [0.5, 0.6) is 0 Å². The largest absolute Gasteiger partial charge is 0.378 e. The fraction of sp³-hybridized carbons (Fsp3) is 0.300. The third-order valence-electron chi connectivity index (χ3n) is 1.99. The lowest BCUT2D eigenvalue weighted by atomic mass is 10.3. The van der Waals surface area contributed by atoms with Gasteiger partial charge in [-0.05, 0) is 18.6 Å². The molecular formula is C10H11FN2O. The van der Waals surface area contributed by atoms with E-state index in [1.165, 1.54) is 6.07 Å². The molecule has 0 spiro atoms. The smallest absolute Gasteiger partial charge is 0.173 e. The van der Waals surface area contributed by atoms with Gasteiger partial charge in [-0.15, -0.1) is 0 Å². The Morgan fingerprint density at radius 2 is 2.29 bits per heavy atom. The van der Waals surface area contributed by atoms with E-state index in [4.69, 9.17) is 4.74 Å². The van der Waals surface area contributed by atoms with Crippen molar-refractivity contribution in [3.05, 3.63) is 35.5 Å². The van der Waals surface area contributed by atoms with Crippen LogP contribution in [0, 0.1) is 12.7 Å². The zero-order valence-corrected chi connectivity index (χ0v) is 8.12. The maximum Gasteiger partial charge on any atom is 0.173 e. The number of rotatable bonds is 2. The molecule has 0 amide bonds. The standard InChI is InChI=1S/C10H11FN2O/c1-7-3-9(11)10-12-8(6-14-2)5-13(10)4-7/h3-5H,6H2,1-2H3. The Hall–Kier alpha value is -1.42. The second-order valence-electron chi connectivity index (χ2n) is 3.26. The van der Waals surface area contributed by atoms with Gasteiger partial charge in [-0.1, -0.05) is 0 Å². The highest BCUT2D eigenvalue weighted by atomic mass is 19.1. The Labute approximate surface area is 81.1 Å². The molecule has 0 atom stereocenters. The van der Waals surface area contributed by atoms with Crippen LogP contribution >= 0.6 is 0 Å². The number of halogens is 1. The third-order valence-corrected chi connectivity index (χ3v) is 1.99. The van der Waals surface area contributed by atoms with Gasteiger partial charge in [0.1, 0.15) is 0 Å². The molecule has 14 heavy (non-hydrogen) atoms. The van der Waals surface area contributed by atoms with Crippen molar-refractivity contribution < 1.29 is 9.13 Å². The van der Waals surface area contributed by atoms with Crippen LogP contribution in [0.25, 0.3) is 5.65 Å². The van der Waals surface area contributed by atoms with E-state index in [1.54, 1.807) is 17.7 Å². The summed E-state index contributed by atoms with van der Waals surface area (Å²) in [5.74, 6) is -0.299. The number of aromatic nitrogens is 2. The lowest BCUT2D eigenvalue weighted by Crippen LogP contribution is -1.89. The number of ether oxygens (including phenoxy) is 1. The lowest BCUT2D eigenvalue weighted by Gasteiger charge is -1.96. The van der Waals surface area contributed by atoms with Gasteiger partial charge in [-0.25, -0.2) is 9.37 Å². The molecular weight excluding hydrogens is 183 g/mol. The molecule has 0 bridgehead atoms. The van der Waals surface area contributed by atoms with E-state index in [9.17, 15) is 4.39 Å². The van der Waals surface area contributed by atoms with Gasteiger partial charge in [0.05, 0.1) is 12.3 Å². The number of imidazole rings is 1. The highest BCUT2D eigenvalue weighted by Crippen LogP contribution is 2.12. The minimum Gasteiger partial charge on any atom is -0.378 e. The Morgan fingerprint density at radius 1 is 1.50 bits per heavy atom. The molecule has 2 rings (SSSR count). The molecule has 0 unspecified atom stereocenters. The van der Waals surface area contributed by atoms with Gasteiger partial charge in [0, 0.05) is 19.5 Å². The molecule has 0 aliphatic rings. The maximum absolute atomic E-state index is 13.4. The minimum atomic E-state index is -0.299. The molecule has 0 radical (unpaired) electrons. The number of nitrogens with zero attached hydrogens (tertiary/aromatic N) is 2. The summed E-state index contributed by atoms with van der Waals surface area (Å²) in [7, 11) is 1.59. The summed E-state index contributed by atoms with van der Waals surface area (Å²) < 4.78 is 20.0. The number of fused-ring (bicyclic) bond motifs is 1. The average molecular weight is 194 g/mol. The summed E-state index contributed by atoms with van der Waals surface area (Å²) in [6.07, 6.45) is 3.61. The van der Waals surface area contributed by atoms with Crippen molar-refractivity contribution in [1.82, 2.24) is 9.38 Å². The molecule has 0 aromatic carbocycles. The lowest BCUT2D eigenvalue weighted by molar-refractivity contribution is 0.182. The second-order valence-corrected chi connectivity index (χ2v) is 3.26. The van der Waals surface area contributed by atoms with Crippen LogP contribution in [-0.4, -0.2) is 16.5 Å². The average Bonchev–Trinajstić information content (AvgIpc) is 2.48. The van der Waals surface area contributed by atoms with Crippen LogP contribution in [0.1, 0.15) is 11.3 Å². The van der Waals surface area contributed by atoms with Crippen molar-refractivity contribution in [2.75, 3.05) is 7.11 Å². The molecule has 0 N–H and O–H groups in total. The molecule has 0 aliphatic heterocycles. The summed E-state index contributed by atoms with van der Waals surface area (Å²) in [6.45, 7) is 2.25. The Balaban J connectivity index is 2.58. The molecule has 0 fully saturated rings. The third kappa shape index (κ3) is 1.48. The molecule has 0 saturated carbocycles. The van der Waals surface area contributed by atoms with Gasteiger partial charge in [-0.2, -0.15) is 0 Å². The van der Waals surface area contributed by atoms with Crippen LogP contribution in [0.4, 0.5) is 4.39 Å². The number of pyridine rings is 1. The van der Waals surface area contributed by atoms with E-state index in [1.807, 2.05) is 13.1 Å². The molecule has 4 heteroatoms. The summed E-state index contributed by atoms with van der Waals surface area (Å²) in [6, 6.07) is 1.47. The number of methoxy groups -OCH3 is 1. The van der Waals surface area contributed by atoms with Crippen molar-refractivity contribution in [1.29, 1.82) is 0 Å². The Kier molecular flexibility index (Phi) is 2.21. The van der Waals surface area contributed by atoms with Crippen molar-refractivity contribution in [2.45, 2.75) is 13.5 Å². The van der Waals surface area contributed by atoms with Crippen molar-refractivity contribution in [3.63, 3.8) is 0 Å². The first-order valence-electron chi connectivity index (χ1n) is 4.33. The van der Waals surface area contributed by atoms with E-state index in [0.717, 1.165) is 11.3 Å². The quantitative estimate of drug-likeness (QED) is 0.730. The van der Waals surface area contributed by atoms with Gasteiger partial charge in [0.2, 0.25) is 0 Å². The van der Waals surface area contributed by atoms with E-state index in [2.05, 4.69) is 4.98 Å². The summed E-state index contributed by atoms with van der Waals surface area (Å²) in [4.78, 5) is 4.11. The van der Waals surface area contributed by atoms with Crippen molar-refractivity contribution in [2.24, 2.45) is 0 Å². The van der Waals surface area contributed by atoms with Gasteiger partial charge < -0.3 is 9.14 Å². The first kappa shape index (κ1) is 9.15. The Morgan fingerprint density at radius 3 is 3.00 bits per heavy atom. The number of hydrogen-bond acceptors (Lipinski definition) is 2. The van der Waals surface area contributed by atoms with Gasteiger partial charge in [-0.3, -0.25) is 0 Å². The molecule has 0 saturated heterocycles. The fourth-order valence-corrected chi connectivity index (χ4v) is 1.46. The maximum atomic E-state index is 13.4. The number of aryl methyl sites for hydroxylation is 1. The first-order valence-corrected chi connectivity index (χ1v) is 4.33. The van der Waals surface area contributed by atoms with Gasteiger partial charge >= 0.3 is 0 Å². The highest BCUT2D eigenvalue weighted by Gasteiger charge is 2.06. The predicted octanol–water partition coefficient (Wildman–Crippen LogP) is 1.93. The zero-order valence-electron chi connectivity index (χ0n) is 8.12. The summed E-state index contributed by atoms with van der Waals surface area (Å²) in [5.41, 5.74) is 1.95. The van der Waals surface area contributed by atoms with Crippen molar-refractivity contribution >= 4 is 5.65 Å². The van der Waals surface area contributed by atoms with Crippen molar-refractivity contribution in [3.8, 4) is 0 Å². The van der Waals surface area contributed by atoms with E-state index < -0.39 is 0 Å². The van der Waals surface area contributed by atoms with Crippen LogP contribution in [0.2, 0.25) is 0 Å². The van der Waals surface area contributed by atoms with E-state index in [-0.39, 0.29) is 5.82 Å². The molecule has 2 heterocycles.